The minimum absolute atomic E-state index is 0. The van der Waals surface area contributed by atoms with Gasteiger partial charge in [-0.1, -0.05) is 19.8 Å². The summed E-state index contributed by atoms with van der Waals surface area (Å²) < 4.78 is 18.8. The fraction of sp³-hybridized carbons (Fsp3) is 1.00. The Bertz CT molecular complexity index is 226. The van der Waals surface area contributed by atoms with Crippen molar-refractivity contribution in [3.05, 3.63) is 0 Å². The van der Waals surface area contributed by atoms with E-state index in [1.807, 2.05) is 20.8 Å². The quantitative estimate of drug-likeness (QED) is 0.273. The van der Waals surface area contributed by atoms with Gasteiger partial charge in [-0.3, -0.25) is 0 Å². The van der Waals surface area contributed by atoms with Crippen molar-refractivity contribution < 1.29 is 30.2 Å². The molecule has 0 heterocycles. The summed E-state index contributed by atoms with van der Waals surface area (Å²) in [6.07, 6.45) is 6.03. The van der Waals surface area contributed by atoms with Crippen molar-refractivity contribution in [1.82, 2.24) is 0 Å². The van der Waals surface area contributed by atoms with Crippen LogP contribution in [0.2, 0.25) is 0 Å². The zero-order chi connectivity index (χ0) is 15.5. The molecule has 4 nitrogen and oxygen atoms in total. The predicted molar refractivity (Wildman–Crippen MR) is 86.6 cm³/mol. The third-order valence-corrected chi connectivity index (χ3v) is 6.76. The number of quaternary nitrogens is 1. The number of hydrogen-bond donors (Lipinski definition) is 0. The lowest BCUT2D eigenvalue weighted by Crippen LogP contribution is -3.00. The van der Waals surface area contributed by atoms with E-state index in [9.17, 15) is 0 Å². The van der Waals surface area contributed by atoms with Crippen molar-refractivity contribution in [3.8, 4) is 0 Å². The normalized spacial score (nSPS) is 12.3. The topological polar surface area (TPSA) is 27.7 Å². The Balaban J connectivity index is 0. The molecule has 21 heavy (non-hydrogen) atoms. The molecule has 0 aliphatic carbocycles. The summed E-state index contributed by atoms with van der Waals surface area (Å²) >= 11 is 0. The van der Waals surface area contributed by atoms with E-state index < -0.39 is 8.80 Å². The van der Waals surface area contributed by atoms with Crippen LogP contribution in [0.15, 0.2) is 0 Å². The summed E-state index contributed by atoms with van der Waals surface area (Å²) in [5.41, 5.74) is 0. The van der Waals surface area contributed by atoms with E-state index in [1.165, 1.54) is 25.7 Å². The molecule has 6 heteroatoms. The summed E-state index contributed by atoms with van der Waals surface area (Å²) in [5.74, 6) is 0. The molecule has 0 aliphatic heterocycles. The van der Waals surface area contributed by atoms with Gasteiger partial charge in [-0.05, 0) is 33.6 Å². The molecule has 0 aliphatic rings. The summed E-state index contributed by atoms with van der Waals surface area (Å²) in [6.45, 7) is 11.4. The Morgan fingerprint density at radius 3 is 1.62 bits per heavy atom. The van der Waals surface area contributed by atoms with Gasteiger partial charge in [0.05, 0.1) is 20.6 Å². The lowest BCUT2D eigenvalue weighted by atomic mass is 10.2. The van der Waals surface area contributed by atoms with Crippen LogP contribution in [0, 0.1) is 0 Å². The van der Waals surface area contributed by atoms with Crippen LogP contribution >= 0.6 is 0 Å². The van der Waals surface area contributed by atoms with Crippen molar-refractivity contribution in [2.75, 3.05) is 46.6 Å². The highest BCUT2D eigenvalue weighted by Crippen LogP contribution is 2.16. The zero-order valence-corrected chi connectivity index (χ0v) is 16.7. The SMILES string of the molecule is CCCCCC[N+](C)(C)C[Si](OCC)(OCC)OCC.[Cl-]. The lowest BCUT2D eigenvalue weighted by Gasteiger charge is -2.37. The van der Waals surface area contributed by atoms with Crippen LogP contribution in [0.3, 0.4) is 0 Å². The average Bonchev–Trinajstić information content (AvgIpc) is 2.35. The maximum atomic E-state index is 5.95. The molecule has 0 atom stereocenters. The van der Waals surface area contributed by atoms with Crippen LogP contribution in [0.1, 0.15) is 53.4 Å². The molecular formula is C15H36ClNO3Si. The van der Waals surface area contributed by atoms with E-state index in [0.29, 0.717) is 19.8 Å². The smallest absolute Gasteiger partial charge is 0.559 e. The Kier molecular flexibility index (Phi) is 14.4. The van der Waals surface area contributed by atoms with Crippen LogP contribution in [-0.4, -0.2) is 59.9 Å². The first-order chi connectivity index (χ1) is 9.45. The molecule has 0 spiro atoms. The van der Waals surface area contributed by atoms with Gasteiger partial charge in [0.15, 0.2) is 0 Å². The molecule has 0 unspecified atom stereocenters. The first-order valence-electron chi connectivity index (χ1n) is 8.19. The van der Waals surface area contributed by atoms with E-state index in [4.69, 9.17) is 13.3 Å². The van der Waals surface area contributed by atoms with E-state index in [2.05, 4.69) is 21.0 Å². The van der Waals surface area contributed by atoms with Crippen molar-refractivity contribution >= 4 is 8.80 Å². The largest absolute Gasteiger partial charge is 1.00 e. The van der Waals surface area contributed by atoms with Crippen molar-refractivity contribution in [2.45, 2.75) is 53.4 Å². The molecule has 0 aromatic heterocycles. The molecule has 0 aromatic carbocycles. The van der Waals surface area contributed by atoms with Crippen LogP contribution in [-0.2, 0) is 13.3 Å². The van der Waals surface area contributed by atoms with Crippen molar-refractivity contribution in [2.24, 2.45) is 0 Å². The Morgan fingerprint density at radius 2 is 1.24 bits per heavy atom. The molecule has 0 radical (unpaired) electrons. The average molecular weight is 342 g/mol. The van der Waals surface area contributed by atoms with E-state index in [1.54, 1.807) is 0 Å². The van der Waals surface area contributed by atoms with Gasteiger partial charge in [-0.15, -0.1) is 0 Å². The fourth-order valence-corrected chi connectivity index (χ4v) is 5.54. The molecule has 0 saturated carbocycles. The van der Waals surface area contributed by atoms with Gasteiger partial charge in [-0.25, -0.2) is 0 Å². The van der Waals surface area contributed by atoms with E-state index >= 15 is 0 Å². The maximum Gasteiger partial charge on any atom is 0.559 e. The molecule has 0 rings (SSSR count). The monoisotopic (exact) mass is 341 g/mol. The van der Waals surface area contributed by atoms with E-state index in [0.717, 1.165) is 17.2 Å². The van der Waals surface area contributed by atoms with Crippen LogP contribution in [0.5, 0.6) is 0 Å². The third kappa shape index (κ3) is 10.7. The minimum atomic E-state index is -2.53. The summed E-state index contributed by atoms with van der Waals surface area (Å²) in [6, 6.07) is 0. The molecule has 130 valence electrons. The molecule has 0 aromatic rings. The second-order valence-corrected chi connectivity index (χ2v) is 8.41. The van der Waals surface area contributed by atoms with Crippen LogP contribution in [0.25, 0.3) is 0 Å². The number of unbranched alkanes of at least 4 members (excludes halogenated alkanes) is 3. The highest BCUT2D eigenvalue weighted by atomic mass is 35.5. The van der Waals surface area contributed by atoms with Gasteiger partial charge < -0.3 is 30.2 Å². The Labute approximate surface area is 139 Å². The summed E-state index contributed by atoms with van der Waals surface area (Å²) in [7, 11) is 1.98. The fourth-order valence-electron chi connectivity index (χ4n) is 2.49. The first kappa shape index (κ1) is 23.6. The maximum absolute atomic E-state index is 5.95. The van der Waals surface area contributed by atoms with Crippen LogP contribution < -0.4 is 12.4 Å². The molecule has 0 fully saturated rings. The molecule has 0 saturated heterocycles. The second kappa shape index (κ2) is 12.8. The zero-order valence-electron chi connectivity index (χ0n) is 14.9. The van der Waals surface area contributed by atoms with Gasteiger partial charge in [0, 0.05) is 19.8 Å². The van der Waals surface area contributed by atoms with Gasteiger partial charge in [0.2, 0.25) is 0 Å². The number of nitrogens with zero attached hydrogens (tertiary/aromatic N) is 1. The minimum Gasteiger partial charge on any atom is -1.00 e. The third-order valence-electron chi connectivity index (χ3n) is 3.33. The van der Waals surface area contributed by atoms with Gasteiger partial charge >= 0.3 is 8.80 Å². The Hall–Kier alpha value is 0.347. The Morgan fingerprint density at radius 1 is 0.762 bits per heavy atom. The molecule has 0 bridgehead atoms. The van der Waals surface area contributed by atoms with Crippen molar-refractivity contribution in [1.29, 1.82) is 0 Å². The van der Waals surface area contributed by atoms with Gasteiger partial charge in [0.25, 0.3) is 0 Å². The summed E-state index contributed by atoms with van der Waals surface area (Å²) in [4.78, 5) is 0. The highest BCUT2D eigenvalue weighted by Gasteiger charge is 2.47. The first-order valence-corrected chi connectivity index (χ1v) is 10.1. The summed E-state index contributed by atoms with van der Waals surface area (Å²) in [5, 5.41) is 0. The molecule has 0 amide bonds. The number of hydrogen-bond acceptors (Lipinski definition) is 3. The van der Waals surface area contributed by atoms with E-state index in [-0.39, 0.29) is 12.4 Å². The highest BCUT2D eigenvalue weighted by molar-refractivity contribution is 6.60. The number of halogens is 1. The standard InChI is InChI=1S/C15H36NO3Si.ClH/c1-7-11-12-13-14-16(5,6)15-20(17-8-2,18-9-3)19-10-4;/h7-15H2,1-6H3;1H/q+1;/p-1. The second-order valence-electron chi connectivity index (χ2n) is 5.86. The van der Waals surface area contributed by atoms with Gasteiger partial charge in [0.1, 0.15) is 6.17 Å². The lowest BCUT2D eigenvalue weighted by molar-refractivity contribution is -0.883. The molecular weight excluding hydrogens is 306 g/mol. The van der Waals surface area contributed by atoms with Gasteiger partial charge in [-0.2, -0.15) is 0 Å². The number of rotatable bonds is 13. The predicted octanol–water partition coefficient (Wildman–Crippen LogP) is 0.235. The molecule has 0 N–H and O–H groups in total. The van der Waals surface area contributed by atoms with Crippen molar-refractivity contribution in [3.63, 3.8) is 0 Å². The van der Waals surface area contributed by atoms with Crippen LogP contribution in [0.4, 0.5) is 0 Å².